The highest BCUT2D eigenvalue weighted by Crippen LogP contribution is 2.31. The Hall–Kier alpha value is -1.44. The van der Waals surface area contributed by atoms with E-state index in [1.807, 2.05) is 0 Å². The number of halogens is 2. The number of likely N-dealkylation sites (N-methyl/N-ethyl adjacent to an activating group) is 1. The lowest BCUT2D eigenvalue weighted by atomic mass is 10.2. The molecule has 1 aromatic rings. The highest BCUT2D eigenvalue weighted by atomic mass is 35.5. The number of carbonyl (C=O) groups excluding carboxylic acids is 2. The van der Waals surface area contributed by atoms with Crippen molar-refractivity contribution in [2.45, 2.75) is 17.4 Å². The first-order chi connectivity index (χ1) is 14.9. The summed E-state index contributed by atoms with van der Waals surface area (Å²) >= 11 is 12.2. The molecule has 1 atom stereocenters. The fraction of sp³-hybridized carbons (Fsp3) is 0.556. The summed E-state index contributed by atoms with van der Waals surface area (Å²) in [4.78, 5) is 25.8. The van der Waals surface area contributed by atoms with Crippen molar-refractivity contribution in [3.63, 3.8) is 0 Å². The lowest BCUT2D eigenvalue weighted by Crippen LogP contribution is -2.41. The molecule has 2 fully saturated rings. The summed E-state index contributed by atoms with van der Waals surface area (Å²) < 4.78 is 60.4. The quantitative estimate of drug-likeness (QED) is 0.496. The van der Waals surface area contributed by atoms with Crippen molar-refractivity contribution in [2.75, 3.05) is 51.5 Å². The average molecular weight is 529 g/mol. The van der Waals surface area contributed by atoms with E-state index in [0.29, 0.717) is 6.42 Å². The summed E-state index contributed by atoms with van der Waals surface area (Å²) in [6.07, 6.45) is 0.310. The SMILES string of the molecule is CN(C(=O)COC(=O)c1cc(S(=O)(=O)N2CCOCC2)c(Cl)cc1Cl)[C@@H]1CCS(=O)(=O)C1. The van der Waals surface area contributed by atoms with Crippen molar-refractivity contribution in [2.24, 2.45) is 0 Å². The van der Waals surface area contributed by atoms with E-state index in [0.717, 1.165) is 12.1 Å². The van der Waals surface area contributed by atoms with Crippen LogP contribution in [0.25, 0.3) is 0 Å². The van der Waals surface area contributed by atoms with Gasteiger partial charge in [0.15, 0.2) is 16.4 Å². The van der Waals surface area contributed by atoms with Gasteiger partial charge >= 0.3 is 5.97 Å². The maximum absolute atomic E-state index is 12.9. The molecule has 0 unspecified atom stereocenters. The molecule has 3 rings (SSSR count). The van der Waals surface area contributed by atoms with Crippen LogP contribution in [0, 0.1) is 0 Å². The van der Waals surface area contributed by atoms with Crippen LogP contribution in [0.4, 0.5) is 0 Å². The van der Waals surface area contributed by atoms with Crippen LogP contribution in [0.3, 0.4) is 0 Å². The fourth-order valence-electron chi connectivity index (χ4n) is 3.40. The van der Waals surface area contributed by atoms with E-state index in [1.54, 1.807) is 0 Å². The minimum atomic E-state index is -4.01. The molecule has 0 N–H and O–H groups in total. The third-order valence-corrected chi connectivity index (χ3v) is 9.73. The van der Waals surface area contributed by atoms with E-state index < -0.39 is 44.4 Å². The second kappa shape index (κ2) is 9.82. The molecule has 0 spiro atoms. The van der Waals surface area contributed by atoms with Crippen molar-refractivity contribution < 1.29 is 35.9 Å². The number of carbonyl (C=O) groups is 2. The summed E-state index contributed by atoms with van der Waals surface area (Å²) in [6.45, 7) is 0.0858. The number of esters is 1. The number of sulfone groups is 1. The zero-order valence-corrected chi connectivity index (χ0v) is 20.3. The normalized spacial score (nSPS) is 21.3. The maximum atomic E-state index is 12.9. The molecule has 2 aliphatic heterocycles. The number of hydrogen-bond donors (Lipinski definition) is 0. The van der Waals surface area contributed by atoms with E-state index in [4.69, 9.17) is 32.7 Å². The van der Waals surface area contributed by atoms with Gasteiger partial charge in [-0.2, -0.15) is 4.31 Å². The van der Waals surface area contributed by atoms with Gasteiger partial charge in [0.1, 0.15) is 4.90 Å². The van der Waals surface area contributed by atoms with Gasteiger partial charge in [-0.25, -0.2) is 21.6 Å². The monoisotopic (exact) mass is 528 g/mol. The van der Waals surface area contributed by atoms with Crippen LogP contribution in [-0.2, 0) is 34.1 Å². The number of hydrogen-bond acceptors (Lipinski definition) is 8. The first kappa shape index (κ1) is 25.2. The Kier molecular flexibility index (Phi) is 7.73. The van der Waals surface area contributed by atoms with Crippen molar-refractivity contribution >= 4 is 54.9 Å². The fourth-order valence-corrected chi connectivity index (χ4v) is 7.41. The Morgan fingerprint density at radius 3 is 2.47 bits per heavy atom. The van der Waals surface area contributed by atoms with Crippen molar-refractivity contribution in [3.05, 3.63) is 27.7 Å². The molecule has 10 nitrogen and oxygen atoms in total. The van der Waals surface area contributed by atoms with Crippen LogP contribution in [0.5, 0.6) is 0 Å². The second-order valence-corrected chi connectivity index (χ2v) is 12.4. The molecule has 14 heteroatoms. The van der Waals surface area contributed by atoms with Gasteiger partial charge in [0.2, 0.25) is 10.0 Å². The number of benzene rings is 1. The Balaban J connectivity index is 1.72. The zero-order valence-electron chi connectivity index (χ0n) is 17.1. The molecule has 1 amide bonds. The van der Waals surface area contributed by atoms with Crippen molar-refractivity contribution in [3.8, 4) is 0 Å². The third-order valence-electron chi connectivity index (χ3n) is 5.31. The standard InChI is InChI=1S/C18H22Cl2N2O8S2/c1-21(12-2-7-31(25,26)11-12)17(23)10-30-18(24)13-8-16(15(20)9-14(13)19)32(27,28)22-3-5-29-6-4-22/h8-9,12H,2-7,10-11H2,1H3/t12-/m1/s1. The van der Waals surface area contributed by atoms with Gasteiger partial charge in [0.05, 0.1) is 40.3 Å². The molecular formula is C18H22Cl2N2O8S2. The number of morpholine rings is 1. The number of amides is 1. The Morgan fingerprint density at radius 2 is 1.88 bits per heavy atom. The molecule has 2 saturated heterocycles. The van der Waals surface area contributed by atoms with Gasteiger partial charge in [-0.3, -0.25) is 4.79 Å². The number of rotatable bonds is 6. The second-order valence-electron chi connectivity index (χ2n) is 7.42. The van der Waals surface area contributed by atoms with Crippen LogP contribution in [0.1, 0.15) is 16.8 Å². The summed E-state index contributed by atoms with van der Waals surface area (Å²) in [5.74, 6) is -1.75. The number of nitrogens with zero attached hydrogens (tertiary/aromatic N) is 2. The molecule has 0 aliphatic carbocycles. The minimum Gasteiger partial charge on any atom is -0.452 e. The van der Waals surface area contributed by atoms with Gasteiger partial charge in [-0.15, -0.1) is 0 Å². The molecule has 32 heavy (non-hydrogen) atoms. The first-order valence-electron chi connectivity index (χ1n) is 9.62. The van der Waals surface area contributed by atoms with E-state index in [1.165, 1.54) is 16.3 Å². The van der Waals surface area contributed by atoms with Crippen molar-refractivity contribution in [1.29, 1.82) is 0 Å². The largest absolute Gasteiger partial charge is 0.452 e. The molecule has 0 bridgehead atoms. The molecular weight excluding hydrogens is 507 g/mol. The predicted molar refractivity (Wildman–Crippen MR) is 116 cm³/mol. The van der Waals surface area contributed by atoms with Gasteiger partial charge in [0.25, 0.3) is 5.91 Å². The maximum Gasteiger partial charge on any atom is 0.340 e. The Morgan fingerprint density at radius 1 is 1.22 bits per heavy atom. The topological polar surface area (TPSA) is 127 Å². The average Bonchev–Trinajstić information content (AvgIpc) is 3.11. The third kappa shape index (κ3) is 5.54. The molecule has 0 saturated carbocycles. The van der Waals surface area contributed by atoms with E-state index in [9.17, 15) is 26.4 Å². The molecule has 0 aromatic heterocycles. The summed E-state index contributed by atoms with van der Waals surface area (Å²) in [5, 5.41) is -0.292. The van der Waals surface area contributed by atoms with Crippen LogP contribution in [0.15, 0.2) is 17.0 Å². The Bertz CT molecular complexity index is 1120. The van der Waals surface area contributed by atoms with Crippen LogP contribution >= 0.6 is 23.2 Å². The van der Waals surface area contributed by atoms with E-state index in [-0.39, 0.29) is 58.3 Å². The van der Waals surface area contributed by atoms with E-state index in [2.05, 4.69) is 0 Å². The minimum absolute atomic E-state index is 0.00412. The Labute approximate surface area is 196 Å². The lowest BCUT2D eigenvalue weighted by molar-refractivity contribution is -0.134. The van der Waals surface area contributed by atoms with Gasteiger partial charge in [0, 0.05) is 26.2 Å². The van der Waals surface area contributed by atoms with E-state index >= 15 is 0 Å². The molecule has 1 aromatic carbocycles. The summed E-state index contributed by atoms with van der Waals surface area (Å²) in [6, 6.07) is 1.66. The van der Waals surface area contributed by atoms with Gasteiger partial charge in [-0.05, 0) is 18.6 Å². The predicted octanol–water partition coefficient (Wildman–Crippen LogP) is 0.817. The molecule has 2 heterocycles. The number of sulfonamides is 1. The van der Waals surface area contributed by atoms with Crippen LogP contribution in [0.2, 0.25) is 10.0 Å². The summed E-state index contributed by atoms with van der Waals surface area (Å²) in [7, 11) is -5.76. The molecule has 0 radical (unpaired) electrons. The first-order valence-corrected chi connectivity index (χ1v) is 13.6. The zero-order chi connectivity index (χ0) is 23.7. The van der Waals surface area contributed by atoms with Gasteiger partial charge < -0.3 is 14.4 Å². The lowest BCUT2D eigenvalue weighted by Gasteiger charge is -2.26. The highest BCUT2D eigenvalue weighted by Gasteiger charge is 2.34. The smallest absolute Gasteiger partial charge is 0.340 e. The molecule has 2 aliphatic rings. The highest BCUT2D eigenvalue weighted by molar-refractivity contribution is 7.91. The molecule has 178 valence electrons. The number of ether oxygens (including phenoxy) is 2. The van der Waals surface area contributed by atoms with Gasteiger partial charge in [-0.1, -0.05) is 23.2 Å². The van der Waals surface area contributed by atoms with Crippen molar-refractivity contribution in [1.82, 2.24) is 9.21 Å². The van der Waals surface area contributed by atoms with Crippen LogP contribution in [-0.4, -0.2) is 95.4 Å². The van der Waals surface area contributed by atoms with Crippen LogP contribution < -0.4 is 0 Å². The summed E-state index contributed by atoms with van der Waals surface area (Å²) in [5.41, 5.74) is -0.262.